The number of ether oxygens (including phenoxy) is 1. The maximum absolute atomic E-state index is 12.5. The molecule has 0 aliphatic rings. The average molecular weight is 333 g/mol. The van der Waals surface area contributed by atoms with Gasteiger partial charge in [0.25, 0.3) is 0 Å². The third kappa shape index (κ3) is 6.08. The van der Waals surface area contributed by atoms with Crippen LogP contribution >= 0.6 is 0 Å². The number of rotatable bonds is 8. The zero-order chi connectivity index (χ0) is 18.5. The van der Waals surface area contributed by atoms with E-state index in [1.165, 1.54) is 5.56 Å². The summed E-state index contributed by atoms with van der Waals surface area (Å²) in [4.78, 5) is 24.3. The Kier molecular flexibility index (Phi) is 7.15. The number of nitrogens with one attached hydrogen (secondary N) is 1. The molecule has 0 bridgehead atoms. The number of carbonyl (C=O) groups excluding carboxylic acids is 2. The lowest BCUT2D eigenvalue weighted by Crippen LogP contribution is -2.49. The summed E-state index contributed by atoms with van der Waals surface area (Å²) in [5.74, 6) is -0.123. The van der Waals surface area contributed by atoms with Crippen LogP contribution in [-0.2, 0) is 20.7 Å². The van der Waals surface area contributed by atoms with Crippen molar-refractivity contribution in [2.45, 2.75) is 72.9 Å². The molecule has 0 aromatic heterocycles. The smallest absolute Gasteiger partial charge is 0.322 e. The van der Waals surface area contributed by atoms with Crippen molar-refractivity contribution in [2.24, 2.45) is 0 Å². The molecule has 4 heteroatoms. The van der Waals surface area contributed by atoms with Crippen molar-refractivity contribution < 1.29 is 14.3 Å². The van der Waals surface area contributed by atoms with Gasteiger partial charge in [-0.3, -0.25) is 14.9 Å². The summed E-state index contributed by atoms with van der Waals surface area (Å²) >= 11 is 0. The monoisotopic (exact) mass is 333 g/mol. The van der Waals surface area contributed by atoms with E-state index >= 15 is 0 Å². The Morgan fingerprint density at radius 2 is 1.71 bits per heavy atom. The lowest BCUT2D eigenvalue weighted by Gasteiger charge is -2.29. The summed E-state index contributed by atoms with van der Waals surface area (Å²) in [6.07, 6.45) is 0.792. The highest BCUT2D eigenvalue weighted by Gasteiger charge is 2.27. The summed E-state index contributed by atoms with van der Waals surface area (Å²) in [7, 11) is 0. The van der Waals surface area contributed by atoms with Crippen LogP contribution in [0.25, 0.3) is 0 Å². The molecule has 1 aromatic rings. The summed E-state index contributed by atoms with van der Waals surface area (Å²) < 4.78 is 5.01. The van der Waals surface area contributed by atoms with Crippen molar-refractivity contribution >= 4 is 11.8 Å². The highest BCUT2D eigenvalue weighted by atomic mass is 16.5. The van der Waals surface area contributed by atoms with Crippen molar-refractivity contribution in [3.8, 4) is 0 Å². The third-order valence-electron chi connectivity index (χ3n) is 4.10. The molecule has 0 aliphatic carbocycles. The fraction of sp³-hybridized carbons (Fsp3) is 0.600. The average Bonchev–Trinajstić information content (AvgIpc) is 2.41. The molecule has 0 aliphatic heterocycles. The molecule has 4 nitrogen and oxygen atoms in total. The van der Waals surface area contributed by atoms with Crippen LogP contribution in [0.4, 0.5) is 0 Å². The van der Waals surface area contributed by atoms with Gasteiger partial charge in [-0.1, -0.05) is 17.7 Å². The van der Waals surface area contributed by atoms with E-state index < -0.39 is 11.6 Å². The number of benzene rings is 1. The molecule has 0 fully saturated rings. The van der Waals surface area contributed by atoms with E-state index in [1.807, 2.05) is 13.8 Å². The molecule has 0 radical (unpaired) electrons. The van der Waals surface area contributed by atoms with Crippen LogP contribution in [-0.4, -0.2) is 29.9 Å². The van der Waals surface area contributed by atoms with Crippen molar-refractivity contribution in [1.82, 2.24) is 5.32 Å². The summed E-state index contributed by atoms with van der Waals surface area (Å²) in [5.41, 5.74) is 4.18. The van der Waals surface area contributed by atoms with Gasteiger partial charge in [0, 0.05) is 18.4 Å². The number of aryl methyl sites for hydroxylation is 3. The molecule has 1 aromatic carbocycles. The fourth-order valence-corrected chi connectivity index (χ4v) is 3.20. The lowest BCUT2D eigenvalue weighted by atomic mass is 9.90. The first-order valence-corrected chi connectivity index (χ1v) is 8.58. The zero-order valence-corrected chi connectivity index (χ0v) is 16.1. The standard InChI is InChI=1S/C20H31NO3/c1-8-24-19(23)16(5)21-20(6,7)12-17(22)11-18-14(3)9-13(2)10-15(18)4/h9-10,16,21H,8,11-12H2,1-7H3. The van der Waals surface area contributed by atoms with Crippen LogP contribution in [0.3, 0.4) is 0 Å². The van der Waals surface area contributed by atoms with Gasteiger partial charge in [0.05, 0.1) is 6.61 Å². The predicted octanol–water partition coefficient (Wildman–Crippen LogP) is 3.43. The van der Waals surface area contributed by atoms with Crippen LogP contribution in [0.2, 0.25) is 0 Å². The van der Waals surface area contributed by atoms with E-state index in [1.54, 1.807) is 13.8 Å². The largest absolute Gasteiger partial charge is 0.465 e. The Morgan fingerprint density at radius 3 is 2.21 bits per heavy atom. The van der Waals surface area contributed by atoms with Gasteiger partial charge in [0.2, 0.25) is 0 Å². The van der Waals surface area contributed by atoms with E-state index in [-0.39, 0.29) is 11.8 Å². The van der Waals surface area contributed by atoms with E-state index in [0.717, 1.165) is 16.7 Å². The van der Waals surface area contributed by atoms with Crippen molar-refractivity contribution in [3.63, 3.8) is 0 Å². The van der Waals surface area contributed by atoms with Gasteiger partial charge in [0.1, 0.15) is 11.8 Å². The Balaban J connectivity index is 2.71. The molecular weight excluding hydrogens is 302 g/mol. The normalized spacial score (nSPS) is 12.8. The number of hydrogen-bond donors (Lipinski definition) is 1. The van der Waals surface area contributed by atoms with Gasteiger partial charge in [-0.25, -0.2) is 0 Å². The molecule has 1 rings (SSSR count). The van der Waals surface area contributed by atoms with Gasteiger partial charge < -0.3 is 4.74 Å². The molecule has 1 unspecified atom stereocenters. The van der Waals surface area contributed by atoms with Crippen molar-refractivity contribution in [3.05, 3.63) is 34.4 Å². The summed E-state index contributed by atoms with van der Waals surface area (Å²) in [6, 6.07) is 3.79. The van der Waals surface area contributed by atoms with Gasteiger partial charge in [-0.15, -0.1) is 0 Å². The SMILES string of the molecule is CCOC(=O)C(C)NC(C)(C)CC(=O)Cc1c(C)cc(C)cc1C. The minimum atomic E-state index is -0.463. The molecule has 0 amide bonds. The Morgan fingerprint density at radius 1 is 1.17 bits per heavy atom. The van der Waals surface area contributed by atoms with E-state index in [9.17, 15) is 9.59 Å². The molecule has 0 spiro atoms. The molecule has 24 heavy (non-hydrogen) atoms. The number of esters is 1. The number of carbonyl (C=O) groups is 2. The van der Waals surface area contributed by atoms with E-state index in [2.05, 4.69) is 38.2 Å². The first-order valence-electron chi connectivity index (χ1n) is 8.58. The fourth-order valence-electron chi connectivity index (χ4n) is 3.20. The molecule has 0 heterocycles. The van der Waals surface area contributed by atoms with Gasteiger partial charge in [0.15, 0.2) is 0 Å². The Hall–Kier alpha value is -1.68. The second kappa shape index (κ2) is 8.43. The molecule has 134 valence electrons. The highest BCUT2D eigenvalue weighted by molar-refractivity contribution is 5.83. The minimum absolute atomic E-state index is 0.165. The molecule has 0 saturated heterocycles. The first kappa shape index (κ1) is 20.4. The number of Topliss-reactive ketones (excluding diaryl/α,β-unsaturated/α-hetero) is 1. The second-order valence-corrected chi connectivity index (χ2v) is 7.27. The summed E-state index contributed by atoms with van der Waals surface area (Å²) in [5, 5.41) is 3.20. The second-order valence-electron chi connectivity index (χ2n) is 7.27. The molecule has 1 atom stereocenters. The Labute approximate surface area is 146 Å². The van der Waals surface area contributed by atoms with Crippen LogP contribution in [0.5, 0.6) is 0 Å². The highest BCUT2D eigenvalue weighted by Crippen LogP contribution is 2.19. The zero-order valence-electron chi connectivity index (χ0n) is 16.1. The van der Waals surface area contributed by atoms with Crippen molar-refractivity contribution in [1.29, 1.82) is 0 Å². The molecule has 0 saturated carbocycles. The predicted molar refractivity (Wildman–Crippen MR) is 97.3 cm³/mol. The third-order valence-corrected chi connectivity index (χ3v) is 4.10. The van der Waals surface area contributed by atoms with Crippen LogP contribution in [0.15, 0.2) is 12.1 Å². The number of ketones is 1. The lowest BCUT2D eigenvalue weighted by molar-refractivity contribution is -0.146. The quantitative estimate of drug-likeness (QED) is 0.741. The molecular formula is C20H31NO3. The Bertz CT molecular complexity index is 582. The van der Waals surface area contributed by atoms with E-state index in [4.69, 9.17) is 4.74 Å². The van der Waals surface area contributed by atoms with E-state index in [0.29, 0.717) is 19.4 Å². The van der Waals surface area contributed by atoms with Crippen LogP contribution in [0, 0.1) is 20.8 Å². The minimum Gasteiger partial charge on any atom is -0.465 e. The van der Waals surface area contributed by atoms with Gasteiger partial charge in [-0.05, 0) is 65.2 Å². The van der Waals surface area contributed by atoms with Crippen LogP contribution < -0.4 is 5.32 Å². The maximum atomic E-state index is 12.5. The van der Waals surface area contributed by atoms with Crippen LogP contribution in [0.1, 0.15) is 56.4 Å². The van der Waals surface area contributed by atoms with Gasteiger partial charge >= 0.3 is 5.97 Å². The topological polar surface area (TPSA) is 55.4 Å². The molecule has 1 N–H and O–H groups in total. The maximum Gasteiger partial charge on any atom is 0.322 e. The van der Waals surface area contributed by atoms with Crippen molar-refractivity contribution in [2.75, 3.05) is 6.61 Å². The summed E-state index contributed by atoms with van der Waals surface area (Å²) in [6.45, 7) is 13.9. The number of hydrogen-bond acceptors (Lipinski definition) is 4. The first-order chi connectivity index (χ1) is 11.1. The van der Waals surface area contributed by atoms with Gasteiger partial charge in [-0.2, -0.15) is 0 Å².